The normalized spacial score (nSPS) is 11.3. The second-order valence-corrected chi connectivity index (χ2v) is 7.46. The Morgan fingerprint density at radius 3 is 2.63 bits per heavy atom. The molecule has 0 unspecified atom stereocenters. The Morgan fingerprint density at radius 2 is 1.83 bits per heavy atom. The highest BCUT2D eigenvalue weighted by atomic mass is 35.5. The highest BCUT2D eigenvalue weighted by molar-refractivity contribution is 6.30. The van der Waals surface area contributed by atoms with Gasteiger partial charge >= 0.3 is 0 Å². The Hall–Kier alpha value is -3.71. The molecule has 0 radical (unpaired) electrons. The summed E-state index contributed by atoms with van der Waals surface area (Å²) in [6.07, 6.45) is 6.94. The molecule has 0 aliphatic heterocycles. The summed E-state index contributed by atoms with van der Waals surface area (Å²) in [7, 11) is 3.62. The van der Waals surface area contributed by atoms with Crippen LogP contribution in [0.1, 0.15) is 10.5 Å². The van der Waals surface area contributed by atoms with Crippen LogP contribution in [0.3, 0.4) is 0 Å². The van der Waals surface area contributed by atoms with Crippen molar-refractivity contribution in [1.29, 1.82) is 0 Å². The second-order valence-electron chi connectivity index (χ2n) is 7.03. The van der Waals surface area contributed by atoms with E-state index in [0.29, 0.717) is 16.4 Å². The van der Waals surface area contributed by atoms with E-state index in [1.54, 1.807) is 54.8 Å². The molecule has 0 bridgehead atoms. The van der Waals surface area contributed by atoms with E-state index >= 15 is 0 Å². The van der Waals surface area contributed by atoms with Gasteiger partial charge in [-0.3, -0.25) is 13.9 Å². The van der Waals surface area contributed by atoms with E-state index in [2.05, 4.69) is 21.1 Å². The third-order valence-corrected chi connectivity index (χ3v) is 5.43. The molecule has 0 aliphatic rings. The van der Waals surface area contributed by atoms with Crippen LogP contribution in [0.2, 0.25) is 5.02 Å². The third kappa shape index (κ3) is 3.00. The van der Waals surface area contributed by atoms with Gasteiger partial charge < -0.3 is 4.90 Å². The average molecular weight is 417 g/mol. The van der Waals surface area contributed by atoms with Crippen LogP contribution in [0.25, 0.3) is 27.8 Å². The highest BCUT2D eigenvalue weighted by Gasteiger charge is 2.17. The average Bonchev–Trinajstić information content (AvgIpc) is 3.36. The predicted octanol–water partition coefficient (Wildman–Crippen LogP) is 4.21. The molecule has 7 nitrogen and oxygen atoms in total. The number of anilines is 1. The fourth-order valence-corrected chi connectivity index (χ4v) is 3.62. The first kappa shape index (κ1) is 18.3. The van der Waals surface area contributed by atoms with E-state index in [4.69, 9.17) is 11.6 Å². The zero-order valence-corrected chi connectivity index (χ0v) is 17.1. The number of aromatic nitrogens is 5. The Morgan fingerprint density at radius 1 is 1.03 bits per heavy atom. The molecular weight excluding hydrogens is 400 g/mol. The Labute approximate surface area is 177 Å². The van der Waals surface area contributed by atoms with Crippen LogP contribution >= 0.6 is 11.6 Å². The zero-order chi connectivity index (χ0) is 20.8. The third-order valence-electron chi connectivity index (χ3n) is 5.18. The van der Waals surface area contributed by atoms with Crippen LogP contribution in [0, 0.1) is 0 Å². The van der Waals surface area contributed by atoms with Crippen LogP contribution in [0.15, 0.2) is 67.3 Å². The zero-order valence-electron chi connectivity index (χ0n) is 16.3. The van der Waals surface area contributed by atoms with Crippen molar-refractivity contribution in [3.8, 4) is 11.3 Å². The number of nitrogens with zero attached hydrogens (tertiary/aromatic N) is 6. The molecule has 3 aromatic heterocycles. The fraction of sp³-hybridized carbons (Fsp3) is 0.0909. The summed E-state index contributed by atoms with van der Waals surface area (Å²) in [6, 6.07) is 13.2. The van der Waals surface area contributed by atoms with E-state index in [-0.39, 0.29) is 5.91 Å². The van der Waals surface area contributed by atoms with E-state index in [9.17, 15) is 4.79 Å². The molecular formula is C22H17ClN6O. The predicted molar refractivity (Wildman–Crippen MR) is 117 cm³/mol. The molecule has 2 aromatic carbocycles. The van der Waals surface area contributed by atoms with Crippen LogP contribution in [0.5, 0.6) is 0 Å². The van der Waals surface area contributed by atoms with Crippen molar-refractivity contribution in [2.75, 3.05) is 11.9 Å². The number of imidazole rings is 1. The number of carbonyl (C=O) groups excluding carboxylic acids is 1. The summed E-state index contributed by atoms with van der Waals surface area (Å²) in [6.45, 7) is 0. The Balaban J connectivity index is 1.55. The van der Waals surface area contributed by atoms with Crippen molar-refractivity contribution in [2.45, 2.75) is 0 Å². The first-order chi connectivity index (χ1) is 14.5. The molecule has 1 amide bonds. The summed E-state index contributed by atoms with van der Waals surface area (Å²) in [5.41, 5.74) is 4.64. The maximum absolute atomic E-state index is 13.0. The van der Waals surface area contributed by atoms with Gasteiger partial charge in [0.2, 0.25) is 0 Å². The number of carbonyl (C=O) groups is 1. The summed E-state index contributed by atoms with van der Waals surface area (Å²) in [4.78, 5) is 23.3. The molecule has 148 valence electrons. The molecule has 5 rings (SSSR count). The lowest BCUT2D eigenvalue weighted by Crippen LogP contribution is -2.27. The first-order valence-corrected chi connectivity index (χ1v) is 9.68. The number of rotatable bonds is 3. The maximum Gasteiger partial charge on any atom is 0.278 e. The standard InChI is InChI=1S/C22H17ClN6O/c1-27(17-6-4-16(23)5-7-17)22(30)18-13-29-20(11-25-21(29)12-24-18)14-3-8-19-15(9-14)10-26-28(19)2/h3-13H,1-2H3. The lowest BCUT2D eigenvalue weighted by atomic mass is 10.1. The van der Waals surface area contributed by atoms with Crippen molar-refractivity contribution >= 4 is 39.7 Å². The minimum Gasteiger partial charge on any atom is -0.310 e. The molecule has 0 spiro atoms. The number of fused-ring (bicyclic) bond motifs is 2. The smallest absolute Gasteiger partial charge is 0.278 e. The molecule has 8 heteroatoms. The van der Waals surface area contributed by atoms with Crippen LogP contribution < -0.4 is 4.90 Å². The highest BCUT2D eigenvalue weighted by Crippen LogP contribution is 2.25. The topological polar surface area (TPSA) is 68.3 Å². The number of amides is 1. The largest absolute Gasteiger partial charge is 0.310 e. The van der Waals surface area contributed by atoms with Crippen molar-refractivity contribution in [1.82, 2.24) is 24.1 Å². The number of halogens is 1. The van der Waals surface area contributed by atoms with Gasteiger partial charge in [-0.05, 0) is 36.4 Å². The second kappa shape index (κ2) is 6.96. The number of aryl methyl sites for hydroxylation is 1. The number of hydrogen-bond donors (Lipinski definition) is 0. The minimum absolute atomic E-state index is 0.221. The summed E-state index contributed by atoms with van der Waals surface area (Å²) < 4.78 is 3.72. The summed E-state index contributed by atoms with van der Waals surface area (Å²) >= 11 is 5.95. The molecule has 0 N–H and O–H groups in total. The lowest BCUT2D eigenvalue weighted by molar-refractivity contribution is 0.0988. The Bertz CT molecular complexity index is 1400. The molecule has 3 heterocycles. The van der Waals surface area contributed by atoms with E-state index in [1.807, 2.05) is 34.5 Å². The van der Waals surface area contributed by atoms with Crippen molar-refractivity contribution in [3.63, 3.8) is 0 Å². The molecule has 0 saturated carbocycles. The van der Waals surface area contributed by atoms with Crippen molar-refractivity contribution in [3.05, 3.63) is 78.0 Å². The van der Waals surface area contributed by atoms with E-state index in [1.165, 1.54) is 0 Å². The van der Waals surface area contributed by atoms with Gasteiger partial charge in [0.05, 0.1) is 29.8 Å². The lowest BCUT2D eigenvalue weighted by Gasteiger charge is -2.17. The van der Waals surface area contributed by atoms with E-state index < -0.39 is 0 Å². The molecule has 0 saturated heterocycles. The van der Waals surface area contributed by atoms with Crippen molar-refractivity contribution < 1.29 is 4.79 Å². The molecule has 0 atom stereocenters. The van der Waals surface area contributed by atoms with Gasteiger partial charge in [-0.2, -0.15) is 5.10 Å². The van der Waals surface area contributed by atoms with Crippen molar-refractivity contribution in [2.24, 2.45) is 7.05 Å². The monoisotopic (exact) mass is 416 g/mol. The van der Waals surface area contributed by atoms with Crippen LogP contribution in [0.4, 0.5) is 5.69 Å². The molecule has 30 heavy (non-hydrogen) atoms. The van der Waals surface area contributed by atoms with Gasteiger partial charge in [-0.15, -0.1) is 0 Å². The maximum atomic E-state index is 13.0. The van der Waals surface area contributed by atoms with Gasteiger partial charge in [0, 0.05) is 42.0 Å². The van der Waals surface area contributed by atoms with Crippen LogP contribution in [-0.2, 0) is 7.05 Å². The summed E-state index contributed by atoms with van der Waals surface area (Å²) in [5.74, 6) is -0.221. The van der Waals surface area contributed by atoms with Gasteiger partial charge in [0.15, 0.2) is 5.65 Å². The first-order valence-electron chi connectivity index (χ1n) is 9.30. The molecule has 5 aromatic rings. The van der Waals surface area contributed by atoms with Gasteiger partial charge in [0.25, 0.3) is 5.91 Å². The van der Waals surface area contributed by atoms with Gasteiger partial charge in [0.1, 0.15) is 5.69 Å². The SMILES string of the molecule is CN(C(=O)c1cn2c(-c3ccc4c(cnn4C)c3)cnc2cn1)c1ccc(Cl)cc1. The minimum atomic E-state index is -0.221. The molecule has 0 fully saturated rings. The summed E-state index contributed by atoms with van der Waals surface area (Å²) in [5, 5.41) is 5.96. The number of benzene rings is 2. The Kier molecular flexibility index (Phi) is 4.25. The van der Waals surface area contributed by atoms with Crippen LogP contribution in [-0.4, -0.2) is 37.1 Å². The van der Waals surface area contributed by atoms with E-state index in [0.717, 1.165) is 27.8 Å². The van der Waals surface area contributed by atoms with Gasteiger partial charge in [-0.1, -0.05) is 17.7 Å². The fourth-order valence-electron chi connectivity index (χ4n) is 3.49. The van der Waals surface area contributed by atoms with Gasteiger partial charge in [-0.25, -0.2) is 9.97 Å². The number of hydrogen-bond acceptors (Lipinski definition) is 4. The quantitative estimate of drug-likeness (QED) is 0.441. The molecule has 0 aliphatic carbocycles.